The van der Waals surface area contributed by atoms with Crippen molar-refractivity contribution in [1.82, 2.24) is 20.0 Å². The molecule has 0 saturated carbocycles. The number of nitrogens with zero attached hydrogens (tertiary/aromatic N) is 3. The lowest BCUT2D eigenvalue weighted by Crippen LogP contribution is -2.35. The number of carboxylic acid groups (broad SMARTS) is 1. The normalized spacial score (nSPS) is 13.4. The highest BCUT2D eigenvalue weighted by molar-refractivity contribution is 6.03. The summed E-state index contributed by atoms with van der Waals surface area (Å²) in [4.78, 5) is 37.5. The van der Waals surface area contributed by atoms with Crippen LogP contribution in [0.1, 0.15) is 53.6 Å². The van der Waals surface area contributed by atoms with Crippen LogP contribution in [0.3, 0.4) is 0 Å². The van der Waals surface area contributed by atoms with Crippen LogP contribution in [-0.2, 0) is 30.4 Å². The molecule has 1 aliphatic heterocycles. The van der Waals surface area contributed by atoms with Crippen molar-refractivity contribution in [1.29, 1.82) is 0 Å². The first-order valence-electron chi connectivity index (χ1n) is 12.5. The van der Waals surface area contributed by atoms with Crippen LogP contribution < -0.4 is 10.6 Å². The van der Waals surface area contributed by atoms with Gasteiger partial charge < -0.3 is 25.4 Å². The number of amides is 3. The summed E-state index contributed by atoms with van der Waals surface area (Å²) in [6.45, 7) is 5.08. The van der Waals surface area contributed by atoms with Gasteiger partial charge in [-0.2, -0.15) is 18.3 Å². The van der Waals surface area contributed by atoms with Gasteiger partial charge in [0.2, 0.25) is 0 Å². The molecule has 0 bridgehead atoms. The van der Waals surface area contributed by atoms with E-state index in [1.54, 1.807) is 26.8 Å². The third-order valence-electron chi connectivity index (χ3n) is 6.08. The van der Waals surface area contributed by atoms with Gasteiger partial charge in [-0.3, -0.25) is 4.79 Å². The maximum Gasteiger partial charge on any atom is 0.435 e. The van der Waals surface area contributed by atoms with Crippen molar-refractivity contribution in [3.8, 4) is 5.69 Å². The van der Waals surface area contributed by atoms with E-state index in [1.165, 1.54) is 30.3 Å². The Labute approximate surface area is 231 Å². The lowest BCUT2D eigenvalue weighted by Gasteiger charge is -2.27. The topological polar surface area (TPSA) is 126 Å². The summed E-state index contributed by atoms with van der Waals surface area (Å²) in [5.74, 6) is -1.84. The predicted octanol–water partition coefficient (Wildman–Crippen LogP) is 5.34. The molecule has 0 spiro atoms. The molecule has 218 valence electrons. The standard InChI is InChI=1S/C27H27F4N5O5/c1-26(2,3)41-24(38)32-13-15-5-4-6-17(11-15)36-20(12-21(34-36)27(29,30)31)23(37)33-19-8-7-16-14-35(25(39)40)10-9-18(16)22(19)28/h4-8,11-12H,9-10,13-14H2,1-3H3,(H,32,38)(H,33,37)(H,39,40). The number of ether oxygens (including phenoxy) is 1. The average Bonchev–Trinajstić information content (AvgIpc) is 3.35. The third kappa shape index (κ3) is 6.94. The minimum absolute atomic E-state index is 0.0165. The van der Waals surface area contributed by atoms with Crippen LogP contribution in [0.5, 0.6) is 0 Å². The maximum atomic E-state index is 15.3. The number of alkyl carbamates (subject to hydrolysis) is 1. The Morgan fingerprint density at radius 2 is 1.83 bits per heavy atom. The molecule has 0 saturated heterocycles. The van der Waals surface area contributed by atoms with Crippen LogP contribution in [0.4, 0.5) is 32.8 Å². The Bertz CT molecular complexity index is 1500. The van der Waals surface area contributed by atoms with E-state index >= 15 is 4.39 Å². The molecule has 0 unspecified atom stereocenters. The summed E-state index contributed by atoms with van der Waals surface area (Å²) >= 11 is 0. The molecule has 2 aromatic carbocycles. The van der Waals surface area contributed by atoms with Crippen LogP contribution in [0.2, 0.25) is 0 Å². The fourth-order valence-electron chi connectivity index (χ4n) is 4.22. The molecule has 0 atom stereocenters. The van der Waals surface area contributed by atoms with E-state index in [0.717, 1.165) is 9.58 Å². The van der Waals surface area contributed by atoms with Gasteiger partial charge >= 0.3 is 18.4 Å². The molecule has 0 fully saturated rings. The molecule has 10 nitrogen and oxygen atoms in total. The molecule has 1 aromatic heterocycles. The number of halogens is 4. The van der Waals surface area contributed by atoms with Crippen molar-refractivity contribution in [2.75, 3.05) is 11.9 Å². The number of hydrogen-bond donors (Lipinski definition) is 3. The lowest BCUT2D eigenvalue weighted by atomic mass is 9.98. The number of hydrogen-bond acceptors (Lipinski definition) is 5. The molecule has 0 radical (unpaired) electrons. The minimum atomic E-state index is -4.87. The highest BCUT2D eigenvalue weighted by atomic mass is 19.4. The highest BCUT2D eigenvalue weighted by Crippen LogP contribution is 2.31. The second kappa shape index (κ2) is 11.1. The molecule has 41 heavy (non-hydrogen) atoms. The van der Waals surface area contributed by atoms with Gasteiger partial charge in [-0.1, -0.05) is 18.2 Å². The first-order chi connectivity index (χ1) is 19.1. The van der Waals surface area contributed by atoms with Crippen molar-refractivity contribution in [3.63, 3.8) is 0 Å². The van der Waals surface area contributed by atoms with E-state index in [4.69, 9.17) is 4.74 Å². The van der Waals surface area contributed by atoms with Crippen molar-refractivity contribution in [2.24, 2.45) is 0 Å². The monoisotopic (exact) mass is 577 g/mol. The Hall–Kier alpha value is -4.62. The number of anilines is 1. The van der Waals surface area contributed by atoms with E-state index in [-0.39, 0.29) is 43.0 Å². The van der Waals surface area contributed by atoms with Gasteiger partial charge in [0, 0.05) is 25.7 Å². The van der Waals surface area contributed by atoms with Gasteiger partial charge in [-0.05, 0) is 62.1 Å². The van der Waals surface area contributed by atoms with Crippen molar-refractivity contribution >= 4 is 23.8 Å². The Balaban J connectivity index is 1.61. The first kappa shape index (κ1) is 29.4. The zero-order valence-electron chi connectivity index (χ0n) is 22.3. The third-order valence-corrected chi connectivity index (χ3v) is 6.08. The molecule has 1 aliphatic rings. The van der Waals surface area contributed by atoms with Crippen molar-refractivity contribution in [3.05, 3.63) is 76.4 Å². The molecular formula is C27H27F4N5O5. The van der Waals surface area contributed by atoms with Crippen LogP contribution >= 0.6 is 0 Å². The Morgan fingerprint density at radius 1 is 1.10 bits per heavy atom. The summed E-state index contributed by atoms with van der Waals surface area (Å²) < 4.78 is 62.0. The van der Waals surface area contributed by atoms with Crippen LogP contribution in [0, 0.1) is 5.82 Å². The number of fused-ring (bicyclic) bond motifs is 1. The number of alkyl halides is 3. The lowest BCUT2D eigenvalue weighted by molar-refractivity contribution is -0.141. The molecule has 0 aliphatic carbocycles. The fourth-order valence-corrected chi connectivity index (χ4v) is 4.22. The summed E-state index contributed by atoms with van der Waals surface area (Å²) in [7, 11) is 0. The smallest absolute Gasteiger partial charge is 0.435 e. The molecule has 3 aromatic rings. The van der Waals surface area contributed by atoms with Crippen LogP contribution in [-0.4, -0.2) is 50.0 Å². The molecule has 3 amide bonds. The summed E-state index contributed by atoms with van der Waals surface area (Å²) in [5, 5.41) is 17.6. The summed E-state index contributed by atoms with van der Waals surface area (Å²) in [6.07, 6.45) is -6.64. The number of nitrogens with one attached hydrogen (secondary N) is 2. The zero-order chi connectivity index (χ0) is 30.1. The van der Waals surface area contributed by atoms with Crippen LogP contribution in [0.25, 0.3) is 5.69 Å². The van der Waals surface area contributed by atoms with E-state index in [9.17, 15) is 32.7 Å². The largest absolute Gasteiger partial charge is 0.465 e. The summed E-state index contributed by atoms with van der Waals surface area (Å²) in [6, 6.07) is 9.24. The van der Waals surface area contributed by atoms with Crippen molar-refractivity contribution in [2.45, 2.75) is 52.1 Å². The number of carbonyl (C=O) groups is 3. The molecule has 3 N–H and O–H groups in total. The number of carbonyl (C=O) groups excluding carboxylic acids is 2. The van der Waals surface area contributed by atoms with E-state index < -0.39 is 47.1 Å². The Kier molecular flexibility index (Phi) is 7.95. The fraction of sp³-hybridized carbons (Fsp3) is 0.333. The summed E-state index contributed by atoms with van der Waals surface area (Å²) in [5.41, 5.74) is -1.62. The second-order valence-electron chi connectivity index (χ2n) is 10.3. The number of aromatic nitrogens is 2. The van der Waals surface area contributed by atoms with Gasteiger partial charge in [0.05, 0.1) is 11.4 Å². The van der Waals surface area contributed by atoms with Crippen molar-refractivity contribution < 1.29 is 41.8 Å². The molecular weight excluding hydrogens is 550 g/mol. The van der Waals surface area contributed by atoms with Gasteiger partial charge in [0.15, 0.2) is 5.69 Å². The average molecular weight is 578 g/mol. The number of benzene rings is 2. The maximum absolute atomic E-state index is 15.3. The molecule has 4 rings (SSSR count). The molecule has 2 heterocycles. The first-order valence-corrected chi connectivity index (χ1v) is 12.5. The highest BCUT2D eigenvalue weighted by Gasteiger charge is 2.36. The predicted molar refractivity (Wildman–Crippen MR) is 138 cm³/mol. The van der Waals surface area contributed by atoms with Crippen LogP contribution in [0.15, 0.2) is 42.5 Å². The van der Waals surface area contributed by atoms with E-state index in [1.807, 2.05) is 0 Å². The number of rotatable bonds is 5. The molecule has 14 heteroatoms. The Morgan fingerprint density at radius 3 is 2.49 bits per heavy atom. The zero-order valence-corrected chi connectivity index (χ0v) is 22.3. The van der Waals surface area contributed by atoms with Gasteiger partial charge in [-0.15, -0.1) is 0 Å². The SMILES string of the molecule is CC(C)(C)OC(=O)NCc1cccc(-n2nc(C(F)(F)F)cc2C(=O)Nc2ccc3c(c2F)CCN(C(=O)O)C3)c1. The van der Waals surface area contributed by atoms with Gasteiger partial charge in [0.1, 0.15) is 17.1 Å². The minimum Gasteiger partial charge on any atom is -0.465 e. The van der Waals surface area contributed by atoms with E-state index in [2.05, 4.69) is 15.7 Å². The van der Waals surface area contributed by atoms with Gasteiger partial charge in [-0.25, -0.2) is 18.7 Å². The van der Waals surface area contributed by atoms with Gasteiger partial charge in [0.25, 0.3) is 5.91 Å². The van der Waals surface area contributed by atoms with E-state index in [0.29, 0.717) is 17.2 Å². The second-order valence-corrected chi connectivity index (χ2v) is 10.3. The quantitative estimate of drug-likeness (QED) is 0.352.